The predicted molar refractivity (Wildman–Crippen MR) is 108 cm³/mol. The van der Waals surface area contributed by atoms with Crippen LogP contribution in [0.2, 0.25) is 0 Å². The monoisotopic (exact) mass is 402 g/mol. The summed E-state index contributed by atoms with van der Waals surface area (Å²) in [5.74, 6) is 2.08. The molecule has 0 aliphatic heterocycles. The molecule has 0 N–H and O–H groups in total. The second-order valence-corrected chi connectivity index (χ2v) is 6.74. The SMILES string of the molecule is CCn1c(=NC(=O)c2ccc(OC)c(OC)c2)sc2c(OC)ccc(OC)c21. The van der Waals surface area contributed by atoms with E-state index in [1.807, 2.05) is 23.6 Å². The van der Waals surface area contributed by atoms with Gasteiger partial charge in [0.25, 0.3) is 5.91 Å². The van der Waals surface area contributed by atoms with Crippen LogP contribution < -0.4 is 23.7 Å². The van der Waals surface area contributed by atoms with Crippen molar-refractivity contribution < 1.29 is 23.7 Å². The lowest BCUT2D eigenvalue weighted by Gasteiger charge is -2.08. The van der Waals surface area contributed by atoms with E-state index in [0.29, 0.717) is 39.9 Å². The summed E-state index contributed by atoms with van der Waals surface area (Å²) in [7, 11) is 6.30. The molecule has 3 rings (SSSR count). The highest BCUT2D eigenvalue weighted by atomic mass is 32.1. The van der Waals surface area contributed by atoms with Crippen LogP contribution in [0, 0.1) is 0 Å². The highest BCUT2D eigenvalue weighted by Gasteiger charge is 2.16. The maximum absolute atomic E-state index is 12.8. The number of ether oxygens (including phenoxy) is 4. The first-order valence-corrected chi connectivity index (χ1v) is 9.44. The number of aryl methyl sites for hydroxylation is 1. The maximum atomic E-state index is 12.8. The number of thiazole rings is 1. The van der Waals surface area contributed by atoms with Gasteiger partial charge in [-0.2, -0.15) is 4.99 Å². The van der Waals surface area contributed by atoms with Crippen LogP contribution in [-0.2, 0) is 6.54 Å². The number of nitrogens with zero attached hydrogens (tertiary/aromatic N) is 2. The molecule has 7 nitrogen and oxygen atoms in total. The molecule has 0 aliphatic carbocycles. The number of hydrogen-bond donors (Lipinski definition) is 0. The third-order valence-corrected chi connectivity index (χ3v) is 5.43. The first kappa shape index (κ1) is 19.8. The summed E-state index contributed by atoms with van der Waals surface area (Å²) in [6.45, 7) is 2.62. The predicted octanol–water partition coefficient (Wildman–Crippen LogP) is 3.50. The average molecular weight is 402 g/mol. The normalized spacial score (nSPS) is 11.5. The highest BCUT2D eigenvalue weighted by Crippen LogP contribution is 2.35. The summed E-state index contributed by atoms with van der Waals surface area (Å²) in [4.78, 5) is 17.7. The molecule has 1 heterocycles. The Kier molecular flexibility index (Phi) is 5.89. The fourth-order valence-corrected chi connectivity index (χ4v) is 4.15. The minimum atomic E-state index is -0.368. The van der Waals surface area contributed by atoms with Crippen LogP contribution in [0.1, 0.15) is 17.3 Å². The molecule has 0 fully saturated rings. The standard InChI is InChI=1S/C20H22N2O5S/c1-6-22-17-14(25-3)9-10-15(26-4)18(17)28-20(22)21-19(23)12-7-8-13(24-2)16(11-12)27-5/h7-11H,6H2,1-5H3. The van der Waals surface area contributed by atoms with Gasteiger partial charge in [-0.1, -0.05) is 11.3 Å². The molecule has 0 unspecified atom stereocenters. The first-order valence-electron chi connectivity index (χ1n) is 8.63. The quantitative estimate of drug-likeness (QED) is 0.631. The minimum Gasteiger partial charge on any atom is -0.495 e. The molecule has 3 aromatic rings. The summed E-state index contributed by atoms with van der Waals surface area (Å²) in [5.41, 5.74) is 1.27. The smallest absolute Gasteiger partial charge is 0.279 e. The summed E-state index contributed by atoms with van der Waals surface area (Å²) < 4.78 is 24.3. The molecule has 8 heteroatoms. The Morgan fingerprint density at radius 2 is 1.54 bits per heavy atom. The van der Waals surface area contributed by atoms with Gasteiger partial charge in [0.2, 0.25) is 0 Å². The number of carbonyl (C=O) groups is 1. The number of hydrogen-bond acceptors (Lipinski definition) is 6. The molecule has 0 aliphatic rings. The third-order valence-electron chi connectivity index (χ3n) is 4.34. The van der Waals surface area contributed by atoms with Crippen LogP contribution in [0.25, 0.3) is 10.2 Å². The molecule has 28 heavy (non-hydrogen) atoms. The second-order valence-electron chi connectivity index (χ2n) is 5.76. The van der Waals surface area contributed by atoms with Crippen molar-refractivity contribution in [1.29, 1.82) is 0 Å². The van der Waals surface area contributed by atoms with E-state index < -0.39 is 0 Å². The summed E-state index contributed by atoms with van der Waals surface area (Å²) in [5, 5.41) is 0. The van der Waals surface area contributed by atoms with Gasteiger partial charge in [0.05, 0.1) is 28.4 Å². The van der Waals surface area contributed by atoms with E-state index in [2.05, 4.69) is 4.99 Å². The van der Waals surface area contributed by atoms with E-state index in [9.17, 15) is 4.79 Å². The largest absolute Gasteiger partial charge is 0.495 e. The Labute approximate surface area is 166 Å². The molecule has 1 amide bonds. The van der Waals surface area contributed by atoms with Crippen molar-refractivity contribution in [2.45, 2.75) is 13.5 Å². The molecule has 2 aromatic carbocycles. The molecule has 0 saturated carbocycles. The van der Waals surface area contributed by atoms with Crippen molar-refractivity contribution >= 4 is 27.5 Å². The van der Waals surface area contributed by atoms with E-state index >= 15 is 0 Å². The van der Waals surface area contributed by atoms with E-state index in [0.717, 1.165) is 10.2 Å². The second kappa shape index (κ2) is 8.35. The Balaban J connectivity index is 2.17. The Morgan fingerprint density at radius 1 is 0.929 bits per heavy atom. The number of aromatic nitrogens is 1. The van der Waals surface area contributed by atoms with Gasteiger partial charge in [0.1, 0.15) is 21.7 Å². The molecular formula is C20H22N2O5S. The average Bonchev–Trinajstić information content (AvgIpc) is 3.10. The lowest BCUT2D eigenvalue weighted by Crippen LogP contribution is -2.16. The topological polar surface area (TPSA) is 71.3 Å². The number of amides is 1. The molecule has 1 aromatic heterocycles. The fraction of sp³-hybridized carbons (Fsp3) is 0.300. The van der Waals surface area contributed by atoms with Crippen LogP contribution >= 0.6 is 11.3 Å². The number of fused-ring (bicyclic) bond motifs is 1. The van der Waals surface area contributed by atoms with Crippen molar-refractivity contribution in [2.75, 3.05) is 28.4 Å². The van der Waals surface area contributed by atoms with Gasteiger partial charge in [-0.05, 0) is 37.3 Å². The maximum Gasteiger partial charge on any atom is 0.279 e. The number of carbonyl (C=O) groups excluding carboxylic acids is 1. The number of benzene rings is 2. The van der Waals surface area contributed by atoms with Crippen LogP contribution in [-0.4, -0.2) is 38.9 Å². The van der Waals surface area contributed by atoms with E-state index in [1.165, 1.54) is 18.4 Å². The summed E-state index contributed by atoms with van der Waals surface area (Å²) in [6, 6.07) is 8.66. The zero-order valence-electron chi connectivity index (χ0n) is 16.4. The molecule has 0 radical (unpaired) electrons. The van der Waals surface area contributed by atoms with Crippen molar-refractivity contribution in [3.63, 3.8) is 0 Å². The van der Waals surface area contributed by atoms with Crippen molar-refractivity contribution in [2.24, 2.45) is 4.99 Å². The summed E-state index contributed by atoms with van der Waals surface area (Å²) in [6.07, 6.45) is 0. The number of rotatable bonds is 6. The van der Waals surface area contributed by atoms with Crippen molar-refractivity contribution in [3.8, 4) is 23.0 Å². The van der Waals surface area contributed by atoms with Crippen LogP contribution in [0.5, 0.6) is 23.0 Å². The lowest BCUT2D eigenvalue weighted by molar-refractivity contribution is 0.0997. The van der Waals surface area contributed by atoms with Crippen LogP contribution in [0.15, 0.2) is 35.3 Å². The Morgan fingerprint density at radius 3 is 2.14 bits per heavy atom. The first-order chi connectivity index (χ1) is 13.6. The van der Waals surface area contributed by atoms with Crippen LogP contribution in [0.3, 0.4) is 0 Å². The van der Waals surface area contributed by atoms with Crippen molar-refractivity contribution in [3.05, 3.63) is 40.7 Å². The van der Waals surface area contributed by atoms with Crippen molar-refractivity contribution in [1.82, 2.24) is 4.57 Å². The zero-order valence-corrected chi connectivity index (χ0v) is 17.3. The highest BCUT2D eigenvalue weighted by molar-refractivity contribution is 7.16. The zero-order chi connectivity index (χ0) is 20.3. The lowest BCUT2D eigenvalue weighted by atomic mass is 10.2. The van der Waals surface area contributed by atoms with E-state index in [4.69, 9.17) is 18.9 Å². The van der Waals surface area contributed by atoms with E-state index in [1.54, 1.807) is 39.5 Å². The minimum absolute atomic E-state index is 0.368. The molecule has 0 atom stereocenters. The summed E-state index contributed by atoms with van der Waals surface area (Å²) >= 11 is 1.38. The molecule has 0 spiro atoms. The van der Waals surface area contributed by atoms with Gasteiger partial charge in [-0.15, -0.1) is 0 Å². The number of methoxy groups -OCH3 is 4. The van der Waals surface area contributed by atoms with Gasteiger partial charge < -0.3 is 23.5 Å². The molecule has 148 valence electrons. The fourth-order valence-electron chi connectivity index (χ4n) is 2.95. The Hall–Kier alpha value is -3.00. The molecule has 0 saturated heterocycles. The van der Waals surface area contributed by atoms with Gasteiger partial charge in [0, 0.05) is 12.1 Å². The Bertz CT molecular complexity index is 1080. The van der Waals surface area contributed by atoms with Gasteiger partial charge >= 0.3 is 0 Å². The van der Waals surface area contributed by atoms with Gasteiger partial charge in [-0.25, -0.2) is 0 Å². The van der Waals surface area contributed by atoms with Crippen LogP contribution in [0.4, 0.5) is 0 Å². The third kappa shape index (κ3) is 3.43. The van der Waals surface area contributed by atoms with E-state index in [-0.39, 0.29) is 5.91 Å². The van der Waals surface area contributed by atoms with Gasteiger partial charge in [0.15, 0.2) is 16.3 Å². The molecule has 0 bridgehead atoms. The van der Waals surface area contributed by atoms with Gasteiger partial charge in [-0.3, -0.25) is 4.79 Å². The molecular weight excluding hydrogens is 380 g/mol.